The molecule has 4 nitrogen and oxygen atoms in total. The Morgan fingerprint density at radius 3 is 2.62 bits per heavy atom. The number of ether oxygens (including phenoxy) is 1. The zero-order chi connectivity index (χ0) is 17.2. The Morgan fingerprint density at radius 1 is 1.21 bits per heavy atom. The fraction of sp³-hybridized carbons (Fsp3) is 0.350. The smallest absolute Gasteiger partial charge is 0.237 e. The molecular weight excluding hydrogens is 300 g/mol. The van der Waals surface area contributed by atoms with Crippen molar-refractivity contribution in [1.82, 2.24) is 5.32 Å². The summed E-state index contributed by atoms with van der Waals surface area (Å²) in [5.74, 6) is 0.701. The summed E-state index contributed by atoms with van der Waals surface area (Å²) in [6.07, 6.45) is 1.24. The van der Waals surface area contributed by atoms with E-state index in [2.05, 4.69) is 5.32 Å². The maximum Gasteiger partial charge on any atom is 0.237 e. The Kier molecular flexibility index (Phi) is 4.58. The van der Waals surface area contributed by atoms with E-state index < -0.39 is 6.04 Å². The number of hydrogen-bond donors (Lipinski definition) is 2. The molecule has 24 heavy (non-hydrogen) atoms. The molecule has 0 spiro atoms. The van der Waals surface area contributed by atoms with E-state index in [-0.39, 0.29) is 17.6 Å². The van der Waals surface area contributed by atoms with E-state index in [0.717, 1.165) is 16.9 Å². The Morgan fingerprint density at radius 2 is 1.88 bits per heavy atom. The highest BCUT2D eigenvalue weighted by molar-refractivity contribution is 5.82. The largest absolute Gasteiger partial charge is 0.487 e. The second-order valence-corrected chi connectivity index (χ2v) is 6.96. The zero-order valence-electron chi connectivity index (χ0n) is 14.2. The van der Waals surface area contributed by atoms with Crippen LogP contribution in [0.2, 0.25) is 0 Å². The summed E-state index contributed by atoms with van der Waals surface area (Å²) < 4.78 is 6.00. The minimum Gasteiger partial charge on any atom is -0.487 e. The second kappa shape index (κ2) is 6.65. The second-order valence-electron chi connectivity index (χ2n) is 6.96. The lowest BCUT2D eigenvalue weighted by atomic mass is 9.89. The van der Waals surface area contributed by atoms with E-state index >= 15 is 0 Å². The highest BCUT2D eigenvalue weighted by atomic mass is 16.5. The summed E-state index contributed by atoms with van der Waals surface area (Å²) >= 11 is 0. The number of nitrogens with two attached hydrogens (primary N) is 1. The van der Waals surface area contributed by atoms with E-state index in [0.29, 0.717) is 12.8 Å². The van der Waals surface area contributed by atoms with E-state index in [1.54, 1.807) is 0 Å². The molecule has 0 saturated carbocycles. The van der Waals surface area contributed by atoms with Crippen LogP contribution in [0.4, 0.5) is 0 Å². The van der Waals surface area contributed by atoms with Crippen molar-refractivity contribution in [3.05, 3.63) is 65.7 Å². The van der Waals surface area contributed by atoms with Gasteiger partial charge in [-0.1, -0.05) is 48.5 Å². The van der Waals surface area contributed by atoms with Crippen LogP contribution in [0.15, 0.2) is 54.6 Å². The van der Waals surface area contributed by atoms with Crippen molar-refractivity contribution in [1.29, 1.82) is 0 Å². The van der Waals surface area contributed by atoms with Crippen molar-refractivity contribution in [2.75, 3.05) is 0 Å². The van der Waals surface area contributed by atoms with Gasteiger partial charge in [-0.2, -0.15) is 0 Å². The van der Waals surface area contributed by atoms with Crippen LogP contribution in [0.5, 0.6) is 5.75 Å². The van der Waals surface area contributed by atoms with Gasteiger partial charge in [0.25, 0.3) is 0 Å². The molecule has 0 aromatic heterocycles. The molecule has 0 fully saturated rings. The van der Waals surface area contributed by atoms with Crippen molar-refractivity contribution >= 4 is 5.91 Å². The minimum atomic E-state index is -0.564. The summed E-state index contributed by atoms with van der Waals surface area (Å²) in [4.78, 5) is 12.6. The first-order valence-corrected chi connectivity index (χ1v) is 8.32. The zero-order valence-corrected chi connectivity index (χ0v) is 14.2. The van der Waals surface area contributed by atoms with Gasteiger partial charge in [0.2, 0.25) is 5.91 Å². The molecule has 0 radical (unpaired) electrons. The average Bonchev–Trinajstić information content (AvgIpc) is 2.54. The molecule has 2 atom stereocenters. The van der Waals surface area contributed by atoms with Gasteiger partial charge in [-0.3, -0.25) is 4.79 Å². The Bertz CT molecular complexity index is 713. The summed E-state index contributed by atoms with van der Waals surface area (Å²) in [6, 6.07) is 17.0. The standard InChI is InChI=1S/C20H24N2O2/c1-20(2)13-17(15-10-6-7-11-18(15)24-20)22-19(23)16(21)12-14-8-4-3-5-9-14/h3-11,16-17H,12-13,21H2,1-2H3,(H,22,23)/t16-,17?/m0/s1. The monoisotopic (exact) mass is 324 g/mol. The van der Waals surface area contributed by atoms with Gasteiger partial charge in [-0.15, -0.1) is 0 Å². The number of nitrogens with one attached hydrogen (secondary N) is 1. The molecule has 0 aliphatic carbocycles. The summed E-state index contributed by atoms with van der Waals surface area (Å²) in [7, 11) is 0. The highest BCUT2D eigenvalue weighted by Gasteiger charge is 2.34. The third-order valence-corrected chi connectivity index (χ3v) is 4.33. The molecule has 1 amide bonds. The molecular formula is C20H24N2O2. The lowest BCUT2D eigenvalue weighted by molar-refractivity contribution is -0.123. The number of fused-ring (bicyclic) bond motifs is 1. The molecule has 2 aromatic carbocycles. The van der Waals surface area contributed by atoms with Crippen molar-refractivity contribution in [2.24, 2.45) is 5.73 Å². The number of amides is 1. The van der Waals surface area contributed by atoms with Crippen LogP contribution >= 0.6 is 0 Å². The number of benzene rings is 2. The van der Waals surface area contributed by atoms with Gasteiger partial charge in [0.05, 0.1) is 12.1 Å². The SMILES string of the molecule is CC1(C)CC(NC(=O)[C@@H](N)Cc2ccccc2)c2ccccc2O1. The molecule has 3 rings (SSSR count). The quantitative estimate of drug-likeness (QED) is 0.909. The van der Waals surface area contributed by atoms with Gasteiger partial charge in [-0.05, 0) is 31.9 Å². The van der Waals surface area contributed by atoms with Crippen LogP contribution in [0.3, 0.4) is 0 Å². The van der Waals surface area contributed by atoms with Crippen LogP contribution in [-0.4, -0.2) is 17.6 Å². The molecule has 0 saturated heterocycles. The van der Waals surface area contributed by atoms with E-state index in [9.17, 15) is 4.79 Å². The van der Waals surface area contributed by atoms with E-state index in [4.69, 9.17) is 10.5 Å². The predicted molar refractivity (Wildman–Crippen MR) is 94.8 cm³/mol. The van der Waals surface area contributed by atoms with Gasteiger partial charge in [0.1, 0.15) is 11.4 Å². The lowest BCUT2D eigenvalue weighted by Crippen LogP contribution is -2.47. The molecule has 4 heteroatoms. The summed E-state index contributed by atoms with van der Waals surface area (Å²) in [5, 5.41) is 3.11. The van der Waals surface area contributed by atoms with E-state index in [1.165, 1.54) is 0 Å². The van der Waals surface area contributed by atoms with Gasteiger partial charge in [0.15, 0.2) is 0 Å². The van der Waals surface area contributed by atoms with Gasteiger partial charge in [0, 0.05) is 12.0 Å². The van der Waals surface area contributed by atoms with Gasteiger partial charge >= 0.3 is 0 Å². The third-order valence-electron chi connectivity index (χ3n) is 4.33. The van der Waals surface area contributed by atoms with Crippen molar-refractivity contribution < 1.29 is 9.53 Å². The molecule has 1 aliphatic rings. The normalized spacial score (nSPS) is 19.7. The topological polar surface area (TPSA) is 64.4 Å². The van der Waals surface area contributed by atoms with Crippen LogP contribution in [0, 0.1) is 0 Å². The van der Waals surface area contributed by atoms with Crippen LogP contribution < -0.4 is 15.8 Å². The van der Waals surface area contributed by atoms with Crippen molar-refractivity contribution in [3.8, 4) is 5.75 Å². The van der Waals surface area contributed by atoms with Crippen molar-refractivity contribution in [2.45, 2.75) is 44.4 Å². The Hall–Kier alpha value is -2.33. The number of rotatable bonds is 4. The number of carbonyl (C=O) groups excluding carboxylic acids is 1. The molecule has 1 unspecified atom stereocenters. The number of para-hydroxylation sites is 1. The predicted octanol–water partition coefficient (Wildman–Crippen LogP) is 2.98. The average molecular weight is 324 g/mol. The third kappa shape index (κ3) is 3.77. The highest BCUT2D eigenvalue weighted by Crippen LogP contribution is 2.39. The molecule has 126 valence electrons. The number of carbonyl (C=O) groups is 1. The molecule has 1 heterocycles. The van der Waals surface area contributed by atoms with Crippen LogP contribution in [0.25, 0.3) is 0 Å². The van der Waals surface area contributed by atoms with Gasteiger partial charge < -0.3 is 15.8 Å². The lowest BCUT2D eigenvalue weighted by Gasteiger charge is -2.38. The first kappa shape index (κ1) is 16.5. The molecule has 1 aliphatic heterocycles. The van der Waals surface area contributed by atoms with Crippen molar-refractivity contribution in [3.63, 3.8) is 0 Å². The Balaban J connectivity index is 1.72. The van der Waals surface area contributed by atoms with Crippen LogP contribution in [0.1, 0.15) is 37.4 Å². The fourth-order valence-electron chi connectivity index (χ4n) is 3.17. The minimum absolute atomic E-state index is 0.0840. The maximum absolute atomic E-state index is 12.6. The summed E-state index contributed by atoms with van der Waals surface area (Å²) in [5.41, 5.74) is 7.86. The molecule has 2 aromatic rings. The summed E-state index contributed by atoms with van der Waals surface area (Å²) in [6.45, 7) is 4.07. The first-order valence-electron chi connectivity index (χ1n) is 8.32. The first-order chi connectivity index (χ1) is 11.4. The fourth-order valence-corrected chi connectivity index (χ4v) is 3.17. The number of hydrogen-bond acceptors (Lipinski definition) is 3. The maximum atomic E-state index is 12.6. The van der Waals surface area contributed by atoms with E-state index in [1.807, 2.05) is 68.4 Å². The Labute approximate surface area is 143 Å². The van der Waals surface area contributed by atoms with Crippen LogP contribution in [-0.2, 0) is 11.2 Å². The molecule has 0 bridgehead atoms. The van der Waals surface area contributed by atoms with Gasteiger partial charge in [-0.25, -0.2) is 0 Å². The molecule has 3 N–H and O–H groups in total.